The summed E-state index contributed by atoms with van der Waals surface area (Å²) >= 11 is 0. The van der Waals surface area contributed by atoms with Crippen LogP contribution in [0.15, 0.2) is 24.4 Å². The lowest BCUT2D eigenvalue weighted by atomic mass is 10.1. The lowest BCUT2D eigenvalue weighted by Crippen LogP contribution is -2.12. The summed E-state index contributed by atoms with van der Waals surface area (Å²) in [4.78, 5) is 21.0. The minimum atomic E-state index is -0.160. The third-order valence-corrected chi connectivity index (χ3v) is 3.30. The zero-order chi connectivity index (χ0) is 14.1. The Labute approximate surface area is 117 Å². The molecule has 5 nitrogen and oxygen atoms in total. The predicted molar refractivity (Wildman–Crippen MR) is 78.4 cm³/mol. The van der Waals surface area contributed by atoms with Crippen LogP contribution in [-0.2, 0) is 6.42 Å². The second kappa shape index (κ2) is 4.92. The van der Waals surface area contributed by atoms with Gasteiger partial charge in [0.25, 0.3) is 5.91 Å². The topological polar surface area (TPSA) is 66.9 Å². The van der Waals surface area contributed by atoms with E-state index in [-0.39, 0.29) is 5.91 Å². The number of carbonyl (C=O) groups is 1. The minimum absolute atomic E-state index is 0.160. The minimum Gasteiger partial charge on any atom is -0.323 e. The molecule has 0 bridgehead atoms. The summed E-state index contributed by atoms with van der Waals surface area (Å²) in [5, 5.41) is 6.08. The number of pyridine rings is 2. The molecule has 2 aromatic heterocycles. The van der Waals surface area contributed by atoms with Crippen LogP contribution < -0.4 is 10.6 Å². The largest absolute Gasteiger partial charge is 0.323 e. The van der Waals surface area contributed by atoms with Crippen molar-refractivity contribution in [2.75, 3.05) is 10.6 Å². The van der Waals surface area contributed by atoms with Crippen molar-refractivity contribution in [1.29, 1.82) is 0 Å². The van der Waals surface area contributed by atoms with E-state index in [0.717, 1.165) is 29.8 Å². The Morgan fingerprint density at radius 2 is 2.10 bits per heavy atom. The van der Waals surface area contributed by atoms with Crippen LogP contribution >= 0.6 is 0 Å². The Bertz CT molecular complexity index is 682. The highest BCUT2D eigenvalue weighted by Crippen LogP contribution is 2.32. The van der Waals surface area contributed by atoms with Gasteiger partial charge in [-0.25, -0.2) is 9.97 Å². The first kappa shape index (κ1) is 12.6. The van der Waals surface area contributed by atoms with E-state index in [2.05, 4.69) is 27.5 Å². The lowest BCUT2D eigenvalue weighted by Gasteiger charge is -2.12. The number of aromatic nitrogens is 2. The van der Waals surface area contributed by atoms with Crippen LogP contribution in [0.2, 0.25) is 0 Å². The molecule has 3 rings (SSSR count). The SMILES string of the molecule is CCCc1cc(C)c2c(n1)Nc1ncccc1C(=O)N2. The average Bonchev–Trinajstić information content (AvgIpc) is 2.57. The number of rotatable bonds is 2. The fourth-order valence-corrected chi connectivity index (χ4v) is 2.35. The van der Waals surface area contributed by atoms with Gasteiger partial charge >= 0.3 is 0 Å². The van der Waals surface area contributed by atoms with E-state index in [9.17, 15) is 4.79 Å². The maximum Gasteiger partial charge on any atom is 0.259 e. The molecule has 0 fully saturated rings. The van der Waals surface area contributed by atoms with E-state index in [4.69, 9.17) is 0 Å². The molecule has 0 unspecified atom stereocenters. The van der Waals surface area contributed by atoms with Gasteiger partial charge in [-0.3, -0.25) is 4.79 Å². The van der Waals surface area contributed by atoms with Gasteiger partial charge in [0.15, 0.2) is 5.82 Å². The highest BCUT2D eigenvalue weighted by molar-refractivity contribution is 6.11. The van der Waals surface area contributed by atoms with Gasteiger partial charge in [0.1, 0.15) is 5.82 Å². The van der Waals surface area contributed by atoms with Crippen molar-refractivity contribution >= 4 is 23.2 Å². The van der Waals surface area contributed by atoms with Crippen molar-refractivity contribution in [3.8, 4) is 0 Å². The van der Waals surface area contributed by atoms with Crippen LogP contribution in [0.1, 0.15) is 35.0 Å². The van der Waals surface area contributed by atoms with Gasteiger partial charge in [-0.2, -0.15) is 0 Å². The normalized spacial score (nSPS) is 12.8. The van der Waals surface area contributed by atoms with Crippen molar-refractivity contribution in [2.45, 2.75) is 26.7 Å². The van der Waals surface area contributed by atoms with E-state index in [1.165, 1.54) is 0 Å². The number of aryl methyl sites for hydroxylation is 2. The second-order valence-corrected chi connectivity index (χ2v) is 4.88. The molecule has 102 valence electrons. The standard InChI is InChI=1S/C15H16N4O/c1-3-5-10-8-9(2)12-14(17-10)19-13-11(15(20)18-12)6-4-7-16-13/h4,6-8H,3,5H2,1-2H3,(H,18,20)(H,16,17,19). The van der Waals surface area contributed by atoms with E-state index < -0.39 is 0 Å². The summed E-state index contributed by atoms with van der Waals surface area (Å²) in [7, 11) is 0. The van der Waals surface area contributed by atoms with Crippen LogP contribution in [0, 0.1) is 6.92 Å². The van der Waals surface area contributed by atoms with Crippen molar-refractivity contribution in [3.63, 3.8) is 0 Å². The van der Waals surface area contributed by atoms with Crippen LogP contribution in [0.4, 0.5) is 17.3 Å². The molecule has 2 aromatic rings. The first-order valence-electron chi connectivity index (χ1n) is 6.73. The third-order valence-electron chi connectivity index (χ3n) is 3.30. The number of hydrogen-bond donors (Lipinski definition) is 2. The second-order valence-electron chi connectivity index (χ2n) is 4.88. The summed E-state index contributed by atoms with van der Waals surface area (Å²) in [5.74, 6) is 1.05. The number of carbonyl (C=O) groups excluding carboxylic acids is 1. The molecule has 0 saturated heterocycles. The molecule has 0 spiro atoms. The number of fused-ring (bicyclic) bond motifs is 2. The fraction of sp³-hybridized carbons (Fsp3) is 0.267. The summed E-state index contributed by atoms with van der Waals surface area (Å²) < 4.78 is 0. The zero-order valence-electron chi connectivity index (χ0n) is 11.5. The van der Waals surface area contributed by atoms with Gasteiger partial charge in [-0.1, -0.05) is 13.3 Å². The van der Waals surface area contributed by atoms with Crippen LogP contribution in [0.3, 0.4) is 0 Å². The number of hydrogen-bond acceptors (Lipinski definition) is 4. The first-order chi connectivity index (χ1) is 9.69. The monoisotopic (exact) mass is 268 g/mol. The Kier molecular flexibility index (Phi) is 3.10. The van der Waals surface area contributed by atoms with Gasteiger partial charge in [0, 0.05) is 11.9 Å². The number of anilines is 3. The molecule has 3 heterocycles. The quantitative estimate of drug-likeness (QED) is 0.878. The van der Waals surface area contributed by atoms with Gasteiger partial charge in [-0.15, -0.1) is 0 Å². The summed E-state index contributed by atoms with van der Waals surface area (Å²) in [6.45, 7) is 4.10. The molecule has 5 heteroatoms. The van der Waals surface area contributed by atoms with E-state index in [0.29, 0.717) is 17.2 Å². The maximum absolute atomic E-state index is 12.2. The Hall–Kier alpha value is -2.43. The molecule has 1 aliphatic heterocycles. The Balaban J connectivity index is 2.12. The predicted octanol–water partition coefficient (Wildman–Crippen LogP) is 3.05. The number of amides is 1. The highest BCUT2D eigenvalue weighted by atomic mass is 16.1. The molecule has 20 heavy (non-hydrogen) atoms. The molecule has 2 N–H and O–H groups in total. The molecule has 0 atom stereocenters. The average molecular weight is 268 g/mol. The van der Waals surface area contributed by atoms with Gasteiger partial charge in [0.2, 0.25) is 0 Å². The maximum atomic E-state index is 12.2. The first-order valence-corrected chi connectivity index (χ1v) is 6.73. The zero-order valence-corrected chi connectivity index (χ0v) is 11.5. The van der Waals surface area contributed by atoms with Crippen LogP contribution in [0.25, 0.3) is 0 Å². The third kappa shape index (κ3) is 2.11. The van der Waals surface area contributed by atoms with Gasteiger partial charge in [-0.05, 0) is 37.1 Å². The van der Waals surface area contributed by atoms with Gasteiger partial charge < -0.3 is 10.6 Å². The van der Waals surface area contributed by atoms with Crippen molar-refractivity contribution in [3.05, 3.63) is 41.2 Å². The van der Waals surface area contributed by atoms with Crippen molar-refractivity contribution in [1.82, 2.24) is 9.97 Å². The van der Waals surface area contributed by atoms with E-state index in [1.807, 2.05) is 13.0 Å². The van der Waals surface area contributed by atoms with Crippen molar-refractivity contribution < 1.29 is 4.79 Å². The molecular weight excluding hydrogens is 252 g/mol. The molecular formula is C15H16N4O. The van der Waals surface area contributed by atoms with Crippen LogP contribution in [0.5, 0.6) is 0 Å². The summed E-state index contributed by atoms with van der Waals surface area (Å²) in [6.07, 6.45) is 3.61. The Morgan fingerprint density at radius 3 is 2.90 bits per heavy atom. The summed E-state index contributed by atoms with van der Waals surface area (Å²) in [5.41, 5.74) is 3.28. The lowest BCUT2D eigenvalue weighted by molar-refractivity contribution is 0.102. The smallest absolute Gasteiger partial charge is 0.259 e. The molecule has 1 amide bonds. The molecule has 0 radical (unpaired) electrons. The van der Waals surface area contributed by atoms with E-state index in [1.54, 1.807) is 18.3 Å². The molecule has 0 saturated carbocycles. The van der Waals surface area contributed by atoms with Crippen LogP contribution in [-0.4, -0.2) is 15.9 Å². The number of nitrogens with zero attached hydrogens (tertiary/aromatic N) is 2. The summed E-state index contributed by atoms with van der Waals surface area (Å²) in [6, 6.07) is 5.52. The Morgan fingerprint density at radius 1 is 1.25 bits per heavy atom. The molecule has 0 aliphatic carbocycles. The van der Waals surface area contributed by atoms with E-state index >= 15 is 0 Å². The highest BCUT2D eigenvalue weighted by Gasteiger charge is 2.22. The fourth-order valence-electron chi connectivity index (χ4n) is 2.35. The number of nitrogens with one attached hydrogen (secondary N) is 2. The molecule has 1 aliphatic rings. The van der Waals surface area contributed by atoms with Crippen molar-refractivity contribution in [2.24, 2.45) is 0 Å². The molecule has 0 aromatic carbocycles. The van der Waals surface area contributed by atoms with Gasteiger partial charge in [0.05, 0.1) is 11.3 Å².